The van der Waals surface area contributed by atoms with Crippen LogP contribution in [0.4, 0.5) is 0 Å². The van der Waals surface area contributed by atoms with Crippen LogP contribution in [0.3, 0.4) is 0 Å². The zero-order valence-corrected chi connectivity index (χ0v) is 11.8. The molecule has 4 nitrogen and oxygen atoms in total. The lowest BCUT2D eigenvalue weighted by molar-refractivity contribution is -0.131. The van der Waals surface area contributed by atoms with Crippen LogP contribution in [0.1, 0.15) is 31.2 Å². The molecule has 0 bridgehead atoms. The topological polar surface area (TPSA) is 49.8 Å². The van der Waals surface area contributed by atoms with Gasteiger partial charge in [-0.15, -0.1) is 0 Å². The van der Waals surface area contributed by atoms with Crippen LogP contribution in [0.15, 0.2) is 24.3 Å². The number of fused-ring (bicyclic) bond motifs is 1. The molecule has 1 aromatic carbocycles. The fourth-order valence-electron chi connectivity index (χ4n) is 3.56. The average Bonchev–Trinajstić information content (AvgIpc) is 2.77. The lowest BCUT2D eigenvalue weighted by Gasteiger charge is -2.35. The number of carbonyl (C=O) groups is 1. The number of aliphatic hydroxyl groups is 1. The molecule has 1 saturated carbocycles. The number of amides is 1. The second-order valence-corrected chi connectivity index (χ2v) is 5.82. The van der Waals surface area contributed by atoms with Gasteiger partial charge < -0.3 is 14.7 Å². The van der Waals surface area contributed by atoms with Crippen molar-refractivity contribution >= 4 is 5.91 Å². The summed E-state index contributed by atoms with van der Waals surface area (Å²) < 4.78 is 5.14. The standard InChI is InChI=1S/C16H21NO3/c1-20-13-7-5-11(6-8-13)10-17-15(19)9-12-3-2-4-14(18)16(12)17/h5-8,12,14,16,18H,2-4,9-10H2,1H3/t12-,14?,16+/m1/s1. The summed E-state index contributed by atoms with van der Waals surface area (Å²) in [6, 6.07) is 7.79. The van der Waals surface area contributed by atoms with Crippen LogP contribution in [0, 0.1) is 5.92 Å². The molecule has 1 N–H and O–H groups in total. The highest BCUT2D eigenvalue weighted by Gasteiger charge is 2.45. The van der Waals surface area contributed by atoms with Gasteiger partial charge in [-0.3, -0.25) is 4.79 Å². The maximum atomic E-state index is 12.2. The van der Waals surface area contributed by atoms with Gasteiger partial charge in [0.1, 0.15) is 5.75 Å². The van der Waals surface area contributed by atoms with E-state index in [1.807, 2.05) is 29.2 Å². The Bertz CT molecular complexity index is 485. The van der Waals surface area contributed by atoms with Crippen molar-refractivity contribution in [3.8, 4) is 5.75 Å². The Hall–Kier alpha value is -1.55. The van der Waals surface area contributed by atoms with Gasteiger partial charge in [0, 0.05) is 13.0 Å². The number of hydrogen-bond acceptors (Lipinski definition) is 3. The maximum absolute atomic E-state index is 12.2. The summed E-state index contributed by atoms with van der Waals surface area (Å²) in [5, 5.41) is 10.2. The van der Waals surface area contributed by atoms with E-state index in [1.165, 1.54) is 0 Å². The first kappa shape index (κ1) is 13.4. The number of methoxy groups -OCH3 is 1. The van der Waals surface area contributed by atoms with E-state index in [-0.39, 0.29) is 18.1 Å². The summed E-state index contributed by atoms with van der Waals surface area (Å²) >= 11 is 0. The lowest BCUT2D eigenvalue weighted by Crippen LogP contribution is -2.45. The van der Waals surface area contributed by atoms with Crippen molar-refractivity contribution in [2.45, 2.75) is 44.4 Å². The molecule has 4 heteroatoms. The predicted molar refractivity (Wildman–Crippen MR) is 75.3 cm³/mol. The molecule has 1 heterocycles. The number of nitrogens with zero attached hydrogens (tertiary/aromatic N) is 1. The molecule has 1 aliphatic carbocycles. The SMILES string of the molecule is COc1ccc(CN2C(=O)C[C@H]3CCCC(O)[C@H]32)cc1. The van der Waals surface area contributed by atoms with Gasteiger partial charge in [-0.1, -0.05) is 18.6 Å². The van der Waals surface area contributed by atoms with Crippen molar-refractivity contribution in [1.29, 1.82) is 0 Å². The maximum Gasteiger partial charge on any atom is 0.223 e. The summed E-state index contributed by atoms with van der Waals surface area (Å²) in [5.41, 5.74) is 1.08. The normalized spacial score (nSPS) is 29.4. The molecule has 1 aliphatic heterocycles. The van der Waals surface area contributed by atoms with Crippen molar-refractivity contribution in [2.24, 2.45) is 5.92 Å². The molecule has 108 valence electrons. The number of hydrogen-bond donors (Lipinski definition) is 1. The number of aliphatic hydroxyl groups excluding tert-OH is 1. The molecule has 2 fully saturated rings. The zero-order chi connectivity index (χ0) is 14.1. The number of benzene rings is 1. The van der Waals surface area contributed by atoms with E-state index >= 15 is 0 Å². The fraction of sp³-hybridized carbons (Fsp3) is 0.562. The molecule has 3 rings (SSSR count). The largest absolute Gasteiger partial charge is 0.497 e. The third-order valence-electron chi connectivity index (χ3n) is 4.58. The zero-order valence-electron chi connectivity index (χ0n) is 11.8. The predicted octanol–water partition coefficient (Wildman–Crippen LogP) is 1.96. The first-order chi connectivity index (χ1) is 9.69. The smallest absolute Gasteiger partial charge is 0.223 e. The average molecular weight is 275 g/mol. The highest BCUT2D eigenvalue weighted by Crippen LogP contribution is 2.37. The second-order valence-electron chi connectivity index (χ2n) is 5.82. The second kappa shape index (κ2) is 5.44. The van der Waals surface area contributed by atoms with Crippen LogP contribution in [-0.2, 0) is 11.3 Å². The van der Waals surface area contributed by atoms with Crippen LogP contribution in [0.25, 0.3) is 0 Å². The Morgan fingerprint density at radius 1 is 1.30 bits per heavy atom. The van der Waals surface area contributed by atoms with E-state index in [2.05, 4.69) is 0 Å². The van der Waals surface area contributed by atoms with E-state index < -0.39 is 0 Å². The Balaban J connectivity index is 1.76. The summed E-state index contributed by atoms with van der Waals surface area (Å²) in [7, 11) is 1.64. The van der Waals surface area contributed by atoms with Gasteiger partial charge in [-0.25, -0.2) is 0 Å². The molecular formula is C16H21NO3. The molecule has 1 saturated heterocycles. The van der Waals surface area contributed by atoms with E-state index in [0.717, 1.165) is 30.6 Å². The quantitative estimate of drug-likeness (QED) is 0.917. The Morgan fingerprint density at radius 3 is 2.75 bits per heavy atom. The molecule has 2 aliphatic rings. The molecule has 1 aromatic rings. The molecule has 1 unspecified atom stereocenters. The van der Waals surface area contributed by atoms with Crippen molar-refractivity contribution in [2.75, 3.05) is 7.11 Å². The molecule has 1 amide bonds. The summed E-state index contributed by atoms with van der Waals surface area (Å²) in [6.07, 6.45) is 3.14. The van der Waals surface area contributed by atoms with E-state index in [9.17, 15) is 9.90 Å². The van der Waals surface area contributed by atoms with Crippen molar-refractivity contribution in [1.82, 2.24) is 4.90 Å². The third kappa shape index (κ3) is 2.40. The minimum Gasteiger partial charge on any atom is -0.497 e. The molecule has 0 aromatic heterocycles. The summed E-state index contributed by atoms with van der Waals surface area (Å²) in [6.45, 7) is 0.584. The fourth-order valence-corrected chi connectivity index (χ4v) is 3.56. The monoisotopic (exact) mass is 275 g/mol. The number of rotatable bonds is 3. The van der Waals surface area contributed by atoms with Crippen molar-refractivity contribution in [3.05, 3.63) is 29.8 Å². The first-order valence-corrected chi connectivity index (χ1v) is 7.29. The molecule has 0 spiro atoms. The number of ether oxygens (including phenoxy) is 1. The highest BCUT2D eigenvalue weighted by molar-refractivity contribution is 5.79. The first-order valence-electron chi connectivity index (χ1n) is 7.29. The Labute approximate surface area is 119 Å². The van der Waals surface area contributed by atoms with Gasteiger partial charge in [0.25, 0.3) is 0 Å². The van der Waals surface area contributed by atoms with Crippen LogP contribution in [0.2, 0.25) is 0 Å². The Morgan fingerprint density at radius 2 is 2.05 bits per heavy atom. The van der Waals surface area contributed by atoms with Gasteiger partial charge in [0.2, 0.25) is 5.91 Å². The minimum atomic E-state index is -0.363. The van der Waals surface area contributed by atoms with E-state index in [4.69, 9.17) is 4.74 Å². The lowest BCUT2D eigenvalue weighted by atomic mass is 9.83. The highest BCUT2D eigenvalue weighted by atomic mass is 16.5. The van der Waals surface area contributed by atoms with Gasteiger partial charge in [0.05, 0.1) is 19.3 Å². The number of likely N-dealkylation sites (tertiary alicyclic amines) is 1. The van der Waals surface area contributed by atoms with Crippen LogP contribution in [0.5, 0.6) is 5.75 Å². The molecular weight excluding hydrogens is 254 g/mol. The van der Waals surface area contributed by atoms with Gasteiger partial charge in [-0.05, 0) is 36.5 Å². The molecule has 0 radical (unpaired) electrons. The van der Waals surface area contributed by atoms with E-state index in [0.29, 0.717) is 18.9 Å². The van der Waals surface area contributed by atoms with Gasteiger partial charge in [-0.2, -0.15) is 0 Å². The van der Waals surface area contributed by atoms with Crippen molar-refractivity contribution < 1.29 is 14.6 Å². The van der Waals surface area contributed by atoms with E-state index in [1.54, 1.807) is 7.11 Å². The van der Waals surface area contributed by atoms with Crippen LogP contribution >= 0.6 is 0 Å². The molecule has 3 atom stereocenters. The van der Waals surface area contributed by atoms with Crippen molar-refractivity contribution in [3.63, 3.8) is 0 Å². The Kier molecular flexibility index (Phi) is 3.66. The van der Waals surface area contributed by atoms with Gasteiger partial charge >= 0.3 is 0 Å². The minimum absolute atomic E-state index is 0.0124. The van der Waals surface area contributed by atoms with Crippen LogP contribution < -0.4 is 4.74 Å². The van der Waals surface area contributed by atoms with Crippen LogP contribution in [-0.4, -0.2) is 35.2 Å². The summed E-state index contributed by atoms with van der Waals surface area (Å²) in [4.78, 5) is 14.1. The summed E-state index contributed by atoms with van der Waals surface area (Å²) in [5.74, 6) is 1.33. The third-order valence-corrected chi connectivity index (χ3v) is 4.58. The van der Waals surface area contributed by atoms with Gasteiger partial charge in [0.15, 0.2) is 0 Å². The number of carbonyl (C=O) groups excluding carboxylic acids is 1. The molecule has 20 heavy (non-hydrogen) atoms.